The molecule has 2 aromatic rings. The number of unbranched alkanes of at least 4 members (excludes halogenated alkanes) is 2. The molecule has 0 aliphatic carbocycles. The van der Waals surface area contributed by atoms with Gasteiger partial charge in [0.25, 0.3) is 0 Å². The van der Waals surface area contributed by atoms with E-state index in [4.69, 9.17) is 4.74 Å². The number of hydrogen-bond acceptors (Lipinski definition) is 4. The molecule has 1 saturated heterocycles. The third-order valence-electron chi connectivity index (χ3n) is 5.56. The van der Waals surface area contributed by atoms with Gasteiger partial charge in [-0.05, 0) is 48.9 Å². The molecule has 4 heteroatoms. The molecule has 4 nitrogen and oxygen atoms in total. The third kappa shape index (κ3) is 5.64. The Bertz CT molecular complexity index is 690. The van der Waals surface area contributed by atoms with Crippen molar-refractivity contribution in [2.75, 3.05) is 13.7 Å². The van der Waals surface area contributed by atoms with Crippen LogP contribution in [-0.2, 0) is 16.1 Å². The smallest absolute Gasteiger partial charge is 0.305 e. The van der Waals surface area contributed by atoms with Crippen molar-refractivity contribution in [3.63, 3.8) is 0 Å². The van der Waals surface area contributed by atoms with Crippen LogP contribution < -0.4 is 0 Å². The van der Waals surface area contributed by atoms with E-state index in [1.165, 1.54) is 37.5 Å². The van der Waals surface area contributed by atoms with Gasteiger partial charge in [-0.3, -0.25) is 14.7 Å². The number of methoxy groups -OCH3 is 1. The summed E-state index contributed by atoms with van der Waals surface area (Å²) in [5.74, 6) is 0.572. The highest BCUT2D eigenvalue weighted by molar-refractivity contribution is 5.68. The molecule has 2 heterocycles. The van der Waals surface area contributed by atoms with Crippen LogP contribution in [-0.4, -0.2) is 29.5 Å². The van der Waals surface area contributed by atoms with Gasteiger partial charge in [-0.2, -0.15) is 0 Å². The van der Waals surface area contributed by atoms with Crippen LogP contribution in [0.3, 0.4) is 0 Å². The number of nitrogens with zero attached hydrogens (tertiary/aromatic N) is 2. The molecule has 1 fully saturated rings. The van der Waals surface area contributed by atoms with E-state index in [-0.39, 0.29) is 5.97 Å². The number of ether oxygens (including phenoxy) is 1. The lowest BCUT2D eigenvalue weighted by molar-refractivity contribution is -0.140. The first kappa shape index (κ1) is 19.6. The number of esters is 1. The lowest BCUT2D eigenvalue weighted by Gasteiger charge is -2.29. The van der Waals surface area contributed by atoms with Crippen LogP contribution in [0.25, 0.3) is 0 Å². The molecule has 1 aliphatic heterocycles. The summed E-state index contributed by atoms with van der Waals surface area (Å²) in [6.45, 7) is 2.08. The highest BCUT2D eigenvalue weighted by Crippen LogP contribution is 2.40. The van der Waals surface area contributed by atoms with Gasteiger partial charge in [-0.15, -0.1) is 0 Å². The average molecular weight is 367 g/mol. The summed E-state index contributed by atoms with van der Waals surface area (Å²) in [4.78, 5) is 18.1. The number of hydrogen-bond donors (Lipinski definition) is 0. The SMILES string of the molecule is COC(=O)CCCCC[C@H]1CCN(Cc2cccnc2)[C@H]1c1ccccc1. The molecule has 2 atom stereocenters. The number of likely N-dealkylation sites (tertiary alicyclic amines) is 1. The Morgan fingerprint density at radius 1 is 1.15 bits per heavy atom. The van der Waals surface area contributed by atoms with Gasteiger partial charge >= 0.3 is 5.97 Å². The largest absolute Gasteiger partial charge is 0.469 e. The second kappa shape index (κ2) is 10.2. The Balaban J connectivity index is 1.60. The van der Waals surface area contributed by atoms with Crippen LogP contribution in [0.15, 0.2) is 54.9 Å². The minimum Gasteiger partial charge on any atom is -0.469 e. The van der Waals surface area contributed by atoms with Crippen molar-refractivity contribution in [1.29, 1.82) is 0 Å². The first-order valence-electron chi connectivity index (χ1n) is 10.0. The van der Waals surface area contributed by atoms with Crippen LogP contribution in [0.2, 0.25) is 0 Å². The summed E-state index contributed by atoms with van der Waals surface area (Å²) < 4.78 is 4.73. The van der Waals surface area contributed by atoms with Gasteiger partial charge in [0.2, 0.25) is 0 Å². The Morgan fingerprint density at radius 3 is 2.74 bits per heavy atom. The molecule has 1 aromatic heterocycles. The van der Waals surface area contributed by atoms with E-state index in [0.717, 1.165) is 25.9 Å². The molecule has 0 radical (unpaired) electrons. The van der Waals surface area contributed by atoms with Crippen molar-refractivity contribution in [3.8, 4) is 0 Å². The molecule has 27 heavy (non-hydrogen) atoms. The zero-order chi connectivity index (χ0) is 18.9. The molecule has 0 N–H and O–H groups in total. The van der Waals surface area contributed by atoms with Crippen LogP contribution >= 0.6 is 0 Å². The molecule has 3 rings (SSSR count). The van der Waals surface area contributed by atoms with Gasteiger partial charge in [0.05, 0.1) is 7.11 Å². The fourth-order valence-electron chi connectivity index (χ4n) is 4.22. The van der Waals surface area contributed by atoms with Gasteiger partial charge in [-0.1, -0.05) is 49.2 Å². The lowest BCUT2D eigenvalue weighted by atomic mass is 9.89. The normalized spacial score (nSPS) is 19.9. The monoisotopic (exact) mass is 366 g/mol. The quantitative estimate of drug-likeness (QED) is 0.474. The summed E-state index contributed by atoms with van der Waals surface area (Å²) in [7, 11) is 1.46. The average Bonchev–Trinajstić information content (AvgIpc) is 3.11. The molecule has 1 aliphatic rings. The van der Waals surface area contributed by atoms with Gasteiger partial charge in [0.1, 0.15) is 0 Å². The highest BCUT2D eigenvalue weighted by atomic mass is 16.5. The second-order valence-corrected chi connectivity index (χ2v) is 7.41. The summed E-state index contributed by atoms with van der Waals surface area (Å²) in [5.41, 5.74) is 2.69. The number of aromatic nitrogens is 1. The summed E-state index contributed by atoms with van der Waals surface area (Å²) in [5, 5.41) is 0. The van der Waals surface area contributed by atoms with E-state index >= 15 is 0 Å². The van der Waals surface area contributed by atoms with Gasteiger partial charge in [0, 0.05) is 31.4 Å². The van der Waals surface area contributed by atoms with E-state index in [0.29, 0.717) is 18.4 Å². The summed E-state index contributed by atoms with van der Waals surface area (Å²) in [6.07, 6.45) is 9.98. The molecule has 1 aromatic carbocycles. The van der Waals surface area contributed by atoms with E-state index in [1.807, 2.05) is 18.5 Å². The summed E-state index contributed by atoms with van der Waals surface area (Å²) >= 11 is 0. The second-order valence-electron chi connectivity index (χ2n) is 7.41. The number of rotatable bonds is 9. The van der Waals surface area contributed by atoms with Crippen LogP contribution in [0.5, 0.6) is 0 Å². The van der Waals surface area contributed by atoms with Crippen LogP contribution in [0.1, 0.15) is 55.7 Å². The predicted molar refractivity (Wildman–Crippen MR) is 107 cm³/mol. The van der Waals surface area contributed by atoms with Crippen molar-refractivity contribution in [3.05, 3.63) is 66.0 Å². The van der Waals surface area contributed by atoms with Gasteiger partial charge in [0.15, 0.2) is 0 Å². The van der Waals surface area contributed by atoms with Crippen molar-refractivity contribution in [2.45, 2.75) is 51.1 Å². The molecule has 0 bridgehead atoms. The van der Waals surface area contributed by atoms with Crippen LogP contribution in [0, 0.1) is 5.92 Å². The van der Waals surface area contributed by atoms with E-state index in [9.17, 15) is 4.79 Å². The number of benzene rings is 1. The lowest BCUT2D eigenvalue weighted by Crippen LogP contribution is -2.25. The number of pyridine rings is 1. The Morgan fingerprint density at radius 2 is 2.00 bits per heavy atom. The third-order valence-corrected chi connectivity index (χ3v) is 5.56. The topological polar surface area (TPSA) is 42.4 Å². The molecule has 0 amide bonds. The first-order chi connectivity index (χ1) is 13.3. The highest BCUT2D eigenvalue weighted by Gasteiger charge is 2.34. The Labute approximate surface area is 162 Å². The zero-order valence-corrected chi connectivity index (χ0v) is 16.2. The van der Waals surface area contributed by atoms with E-state index in [2.05, 4.69) is 46.3 Å². The zero-order valence-electron chi connectivity index (χ0n) is 16.2. The van der Waals surface area contributed by atoms with Crippen LogP contribution in [0.4, 0.5) is 0 Å². The van der Waals surface area contributed by atoms with Crippen molar-refractivity contribution in [1.82, 2.24) is 9.88 Å². The maximum absolute atomic E-state index is 11.3. The molecule has 0 saturated carbocycles. The van der Waals surface area contributed by atoms with Crippen molar-refractivity contribution >= 4 is 5.97 Å². The van der Waals surface area contributed by atoms with Crippen molar-refractivity contribution < 1.29 is 9.53 Å². The van der Waals surface area contributed by atoms with Gasteiger partial charge < -0.3 is 4.74 Å². The first-order valence-corrected chi connectivity index (χ1v) is 10.0. The number of carbonyl (C=O) groups excluding carboxylic acids is 1. The molecular weight excluding hydrogens is 336 g/mol. The fraction of sp³-hybridized carbons (Fsp3) is 0.478. The molecule has 0 spiro atoms. The van der Waals surface area contributed by atoms with Crippen molar-refractivity contribution in [2.24, 2.45) is 5.92 Å². The standard InChI is InChI=1S/C23H30N2O2/c1-27-22(26)13-7-3-6-12-21-14-16-25(18-19-9-8-15-24-17-19)23(21)20-10-4-2-5-11-20/h2,4-5,8-11,15,17,21,23H,3,6-7,12-14,16,18H2,1H3/t21-,23-/m0/s1. The predicted octanol–water partition coefficient (Wildman–Crippen LogP) is 4.77. The Kier molecular flexibility index (Phi) is 7.40. The van der Waals surface area contributed by atoms with E-state index < -0.39 is 0 Å². The van der Waals surface area contributed by atoms with E-state index in [1.54, 1.807) is 0 Å². The number of carbonyl (C=O) groups is 1. The minimum absolute atomic E-state index is 0.0966. The molecular formula is C23H30N2O2. The maximum atomic E-state index is 11.3. The maximum Gasteiger partial charge on any atom is 0.305 e. The minimum atomic E-state index is -0.0966. The summed E-state index contributed by atoms with van der Waals surface area (Å²) in [6, 6.07) is 15.5. The molecule has 0 unspecified atom stereocenters. The van der Waals surface area contributed by atoms with Gasteiger partial charge in [-0.25, -0.2) is 0 Å². The fourth-order valence-corrected chi connectivity index (χ4v) is 4.22. The molecule has 144 valence electrons. The Hall–Kier alpha value is -2.20.